The summed E-state index contributed by atoms with van der Waals surface area (Å²) >= 11 is 0. The molecule has 8 heteroatoms. The molecule has 29 heavy (non-hydrogen) atoms. The number of nitrogens with zero attached hydrogens (tertiary/aromatic N) is 5. The van der Waals surface area contributed by atoms with Crippen molar-refractivity contribution in [3.05, 3.63) is 53.6 Å². The highest BCUT2D eigenvalue weighted by molar-refractivity contribution is 6.00. The van der Waals surface area contributed by atoms with Gasteiger partial charge in [0.2, 0.25) is 0 Å². The van der Waals surface area contributed by atoms with Gasteiger partial charge in [0.15, 0.2) is 6.73 Å². The van der Waals surface area contributed by atoms with E-state index in [1.54, 1.807) is 4.68 Å². The molecule has 2 aromatic carbocycles. The number of amides is 1. The summed E-state index contributed by atoms with van der Waals surface area (Å²) in [6.07, 6.45) is 1.43. The Hall–Kier alpha value is -3.86. The third-order valence-corrected chi connectivity index (χ3v) is 4.57. The van der Waals surface area contributed by atoms with Gasteiger partial charge in [-0.15, -0.1) is 5.10 Å². The van der Waals surface area contributed by atoms with Crippen molar-refractivity contribution in [2.24, 2.45) is 5.73 Å². The Kier molecular flexibility index (Phi) is 6.09. The topological polar surface area (TPSA) is 110 Å². The van der Waals surface area contributed by atoms with E-state index in [0.717, 1.165) is 29.8 Å². The number of benzene rings is 2. The number of hydrogen-bond donors (Lipinski definition) is 1. The maximum atomic E-state index is 11.5. The molecular formula is C21H22N6O2. The van der Waals surface area contributed by atoms with Gasteiger partial charge >= 0.3 is 0 Å². The highest BCUT2D eigenvalue weighted by Crippen LogP contribution is 2.28. The fourth-order valence-electron chi connectivity index (χ4n) is 3.01. The molecule has 0 spiro atoms. The second-order valence-electron chi connectivity index (χ2n) is 6.28. The van der Waals surface area contributed by atoms with Crippen molar-refractivity contribution >= 4 is 28.7 Å². The van der Waals surface area contributed by atoms with Gasteiger partial charge < -0.3 is 15.4 Å². The van der Waals surface area contributed by atoms with Crippen LogP contribution in [0.5, 0.6) is 5.75 Å². The zero-order valence-electron chi connectivity index (χ0n) is 16.4. The van der Waals surface area contributed by atoms with Crippen LogP contribution in [-0.4, -0.2) is 34.0 Å². The number of hydrogen-bond acceptors (Lipinski definition) is 6. The highest BCUT2D eigenvalue weighted by atomic mass is 16.5. The van der Waals surface area contributed by atoms with E-state index in [1.165, 1.54) is 6.08 Å². The first kappa shape index (κ1) is 19.9. The van der Waals surface area contributed by atoms with Crippen molar-refractivity contribution in [3.8, 4) is 11.8 Å². The molecule has 148 valence electrons. The SMILES string of the molecule is CCN(CC)c1ccc(/C=C(\C#N)C(N)=O)c(OCn2nnc3ccccc32)c1. The molecule has 1 aromatic heterocycles. The average molecular weight is 390 g/mol. The maximum Gasteiger partial charge on any atom is 0.259 e. The molecule has 0 atom stereocenters. The number of nitriles is 1. The molecule has 0 aliphatic carbocycles. The van der Waals surface area contributed by atoms with Gasteiger partial charge in [0.25, 0.3) is 5.91 Å². The van der Waals surface area contributed by atoms with Crippen molar-refractivity contribution in [2.45, 2.75) is 20.6 Å². The summed E-state index contributed by atoms with van der Waals surface area (Å²) in [6, 6.07) is 15.0. The first-order chi connectivity index (χ1) is 14.1. The molecule has 8 nitrogen and oxygen atoms in total. The van der Waals surface area contributed by atoms with Crippen LogP contribution in [0.2, 0.25) is 0 Å². The molecule has 0 unspecified atom stereocenters. The first-order valence-electron chi connectivity index (χ1n) is 9.29. The summed E-state index contributed by atoms with van der Waals surface area (Å²) in [5, 5.41) is 17.4. The Labute approximate surface area is 168 Å². The zero-order chi connectivity index (χ0) is 20.8. The molecule has 1 amide bonds. The van der Waals surface area contributed by atoms with Crippen molar-refractivity contribution in [1.29, 1.82) is 5.26 Å². The second-order valence-corrected chi connectivity index (χ2v) is 6.28. The van der Waals surface area contributed by atoms with Crippen LogP contribution in [0.1, 0.15) is 19.4 Å². The van der Waals surface area contributed by atoms with E-state index in [2.05, 4.69) is 29.1 Å². The highest BCUT2D eigenvalue weighted by Gasteiger charge is 2.12. The molecule has 2 N–H and O–H groups in total. The number of carbonyl (C=O) groups is 1. The van der Waals surface area contributed by atoms with Crippen LogP contribution in [0, 0.1) is 11.3 Å². The second kappa shape index (κ2) is 8.89. The Bertz CT molecular complexity index is 1090. The summed E-state index contributed by atoms with van der Waals surface area (Å²) in [7, 11) is 0. The molecule has 0 radical (unpaired) electrons. The normalized spacial score (nSPS) is 11.3. The van der Waals surface area contributed by atoms with Gasteiger partial charge in [-0.25, -0.2) is 4.68 Å². The number of fused-ring (bicyclic) bond motifs is 1. The summed E-state index contributed by atoms with van der Waals surface area (Å²) in [6.45, 7) is 5.94. The Morgan fingerprint density at radius 3 is 2.72 bits per heavy atom. The number of para-hydroxylation sites is 1. The predicted octanol–water partition coefficient (Wildman–Crippen LogP) is 2.71. The molecule has 0 aliphatic rings. The molecule has 3 aromatic rings. The Morgan fingerprint density at radius 2 is 2.03 bits per heavy atom. The fourth-order valence-corrected chi connectivity index (χ4v) is 3.01. The van der Waals surface area contributed by atoms with E-state index in [1.807, 2.05) is 48.5 Å². The van der Waals surface area contributed by atoms with Crippen molar-refractivity contribution in [1.82, 2.24) is 15.0 Å². The minimum atomic E-state index is -0.784. The van der Waals surface area contributed by atoms with Gasteiger partial charge in [0.1, 0.15) is 22.9 Å². The van der Waals surface area contributed by atoms with Crippen LogP contribution in [-0.2, 0) is 11.5 Å². The van der Waals surface area contributed by atoms with Crippen LogP contribution in [0.25, 0.3) is 17.1 Å². The number of aromatic nitrogens is 3. The Balaban J connectivity index is 1.97. The lowest BCUT2D eigenvalue weighted by atomic mass is 10.1. The van der Waals surface area contributed by atoms with Gasteiger partial charge in [-0.3, -0.25) is 4.79 Å². The van der Waals surface area contributed by atoms with Crippen LogP contribution in [0.3, 0.4) is 0 Å². The van der Waals surface area contributed by atoms with Crippen LogP contribution >= 0.6 is 0 Å². The van der Waals surface area contributed by atoms with Crippen LogP contribution < -0.4 is 15.4 Å². The molecule has 0 fully saturated rings. The molecule has 0 aliphatic heterocycles. The Morgan fingerprint density at radius 1 is 1.28 bits per heavy atom. The molecule has 0 saturated heterocycles. The van der Waals surface area contributed by atoms with E-state index < -0.39 is 5.91 Å². The quantitative estimate of drug-likeness (QED) is 0.468. The lowest BCUT2D eigenvalue weighted by Crippen LogP contribution is -2.21. The van der Waals surface area contributed by atoms with Gasteiger partial charge in [-0.05, 0) is 44.2 Å². The van der Waals surface area contributed by atoms with Gasteiger partial charge in [-0.1, -0.05) is 17.3 Å². The van der Waals surface area contributed by atoms with E-state index in [0.29, 0.717) is 11.3 Å². The molecule has 3 rings (SSSR count). The van der Waals surface area contributed by atoms with Gasteiger partial charge in [0.05, 0.1) is 5.52 Å². The number of carbonyl (C=O) groups excluding carboxylic acids is 1. The lowest BCUT2D eigenvalue weighted by Gasteiger charge is -2.22. The monoisotopic (exact) mass is 390 g/mol. The fraction of sp³-hybridized carbons (Fsp3) is 0.238. The van der Waals surface area contributed by atoms with Crippen molar-refractivity contribution in [3.63, 3.8) is 0 Å². The third kappa shape index (κ3) is 4.35. The van der Waals surface area contributed by atoms with Crippen molar-refractivity contribution in [2.75, 3.05) is 18.0 Å². The smallest absolute Gasteiger partial charge is 0.259 e. The predicted molar refractivity (Wildman–Crippen MR) is 111 cm³/mol. The van der Waals surface area contributed by atoms with Gasteiger partial charge in [0, 0.05) is 30.4 Å². The van der Waals surface area contributed by atoms with E-state index in [4.69, 9.17) is 10.5 Å². The molecular weight excluding hydrogens is 368 g/mol. The number of primary amides is 1. The molecule has 1 heterocycles. The largest absolute Gasteiger partial charge is 0.470 e. The minimum absolute atomic E-state index is 0.127. The average Bonchev–Trinajstić information content (AvgIpc) is 3.15. The number of ether oxygens (including phenoxy) is 1. The summed E-state index contributed by atoms with van der Waals surface area (Å²) < 4.78 is 7.67. The number of anilines is 1. The summed E-state index contributed by atoms with van der Waals surface area (Å²) in [5.74, 6) is -0.267. The van der Waals surface area contributed by atoms with E-state index in [9.17, 15) is 10.1 Å². The molecule has 0 saturated carbocycles. The standard InChI is InChI=1S/C21H22N6O2/c1-3-26(4-2)17-10-9-15(11-16(13-22)21(23)28)20(12-17)29-14-27-19-8-6-5-7-18(19)24-25-27/h5-12H,3-4,14H2,1-2H3,(H2,23,28)/b16-11+. The zero-order valence-corrected chi connectivity index (χ0v) is 16.4. The van der Waals surface area contributed by atoms with Crippen molar-refractivity contribution < 1.29 is 9.53 Å². The van der Waals surface area contributed by atoms with E-state index >= 15 is 0 Å². The third-order valence-electron chi connectivity index (χ3n) is 4.57. The molecule has 0 bridgehead atoms. The van der Waals surface area contributed by atoms with Gasteiger partial charge in [-0.2, -0.15) is 5.26 Å². The van der Waals surface area contributed by atoms with Crippen LogP contribution in [0.4, 0.5) is 5.69 Å². The summed E-state index contributed by atoms with van der Waals surface area (Å²) in [4.78, 5) is 13.6. The van der Waals surface area contributed by atoms with E-state index in [-0.39, 0.29) is 12.3 Å². The summed E-state index contributed by atoms with van der Waals surface area (Å²) in [5.41, 5.74) is 8.31. The number of nitrogens with two attached hydrogens (primary N) is 1. The minimum Gasteiger partial charge on any atom is -0.470 e. The van der Waals surface area contributed by atoms with Crippen LogP contribution in [0.15, 0.2) is 48.0 Å². The lowest BCUT2D eigenvalue weighted by molar-refractivity contribution is -0.114. The maximum absolute atomic E-state index is 11.5. The number of rotatable bonds is 8. The first-order valence-corrected chi connectivity index (χ1v) is 9.29.